The molecule has 6 heteroatoms. The van der Waals surface area contributed by atoms with Crippen LogP contribution in [0.1, 0.15) is 29.2 Å². The molecule has 1 N–H and O–H groups in total. The second-order valence-electron chi connectivity index (χ2n) is 6.78. The van der Waals surface area contributed by atoms with E-state index < -0.39 is 16.1 Å². The van der Waals surface area contributed by atoms with Crippen molar-refractivity contribution in [2.45, 2.75) is 40.3 Å². The molecule has 0 radical (unpaired) electrons. The Balaban J connectivity index is 2.22. The molecular formula is C20H26N2O3S. The molecule has 0 fully saturated rings. The SMILES string of the molecule is Cc1ccc(CNC(=O)[C@H](C)N(c2cc(C)cc(C)c2)S(C)(=O)=O)cc1. The maximum Gasteiger partial charge on any atom is 0.243 e. The maximum atomic E-state index is 12.6. The summed E-state index contributed by atoms with van der Waals surface area (Å²) in [5.41, 5.74) is 4.50. The molecule has 0 bridgehead atoms. The van der Waals surface area contributed by atoms with Crippen molar-refractivity contribution in [3.8, 4) is 0 Å². The lowest BCUT2D eigenvalue weighted by molar-refractivity contribution is -0.122. The standard InChI is InChI=1S/C20H26N2O3S/c1-14-6-8-18(9-7-14)13-21-20(23)17(4)22(26(5,24)25)19-11-15(2)10-16(3)12-19/h6-12,17H,13H2,1-5H3,(H,21,23)/t17-/m0/s1. The van der Waals surface area contributed by atoms with Gasteiger partial charge in [0, 0.05) is 6.54 Å². The number of carbonyl (C=O) groups is 1. The molecule has 140 valence electrons. The minimum Gasteiger partial charge on any atom is -0.350 e. The minimum absolute atomic E-state index is 0.338. The van der Waals surface area contributed by atoms with Crippen molar-refractivity contribution in [3.63, 3.8) is 0 Å². The molecule has 1 atom stereocenters. The molecule has 0 spiro atoms. The molecular weight excluding hydrogens is 348 g/mol. The van der Waals surface area contributed by atoms with Gasteiger partial charge in [-0.2, -0.15) is 0 Å². The fourth-order valence-corrected chi connectivity index (χ4v) is 4.09. The molecule has 0 saturated heterocycles. The van der Waals surface area contributed by atoms with Crippen molar-refractivity contribution in [1.82, 2.24) is 5.32 Å². The molecule has 0 aliphatic rings. The van der Waals surface area contributed by atoms with Gasteiger partial charge in [0.05, 0.1) is 11.9 Å². The van der Waals surface area contributed by atoms with Crippen LogP contribution in [0.3, 0.4) is 0 Å². The lowest BCUT2D eigenvalue weighted by atomic mass is 10.1. The first-order valence-electron chi connectivity index (χ1n) is 8.49. The Kier molecular flexibility index (Phi) is 6.08. The summed E-state index contributed by atoms with van der Waals surface area (Å²) in [6.07, 6.45) is 1.12. The van der Waals surface area contributed by atoms with E-state index in [1.54, 1.807) is 19.1 Å². The number of rotatable bonds is 6. The van der Waals surface area contributed by atoms with E-state index in [0.29, 0.717) is 12.2 Å². The van der Waals surface area contributed by atoms with Crippen LogP contribution in [0.4, 0.5) is 5.69 Å². The number of hydrogen-bond donors (Lipinski definition) is 1. The van der Waals surface area contributed by atoms with Crippen molar-refractivity contribution < 1.29 is 13.2 Å². The zero-order valence-electron chi connectivity index (χ0n) is 15.9. The van der Waals surface area contributed by atoms with Crippen LogP contribution in [0.15, 0.2) is 42.5 Å². The molecule has 2 rings (SSSR count). The first-order chi connectivity index (χ1) is 12.1. The molecule has 2 aromatic carbocycles. The molecule has 26 heavy (non-hydrogen) atoms. The van der Waals surface area contributed by atoms with E-state index in [4.69, 9.17) is 0 Å². The van der Waals surface area contributed by atoms with Crippen molar-refractivity contribution >= 4 is 21.6 Å². The number of hydrogen-bond acceptors (Lipinski definition) is 3. The van der Waals surface area contributed by atoms with Crippen LogP contribution in [-0.4, -0.2) is 26.6 Å². The van der Waals surface area contributed by atoms with Gasteiger partial charge in [-0.3, -0.25) is 9.10 Å². The molecule has 0 aliphatic heterocycles. The number of carbonyl (C=O) groups excluding carboxylic acids is 1. The zero-order chi connectivity index (χ0) is 19.5. The summed E-state index contributed by atoms with van der Waals surface area (Å²) < 4.78 is 25.9. The van der Waals surface area contributed by atoms with Crippen LogP contribution in [0.5, 0.6) is 0 Å². The van der Waals surface area contributed by atoms with Gasteiger partial charge < -0.3 is 5.32 Å². The second kappa shape index (κ2) is 7.91. The van der Waals surface area contributed by atoms with Gasteiger partial charge >= 0.3 is 0 Å². The van der Waals surface area contributed by atoms with Crippen LogP contribution in [0.25, 0.3) is 0 Å². The summed E-state index contributed by atoms with van der Waals surface area (Å²) in [4.78, 5) is 12.6. The maximum absolute atomic E-state index is 12.6. The quantitative estimate of drug-likeness (QED) is 0.845. The summed E-state index contributed by atoms with van der Waals surface area (Å²) in [6.45, 7) is 7.76. The zero-order valence-corrected chi connectivity index (χ0v) is 16.7. The Morgan fingerprint density at radius 2 is 1.54 bits per heavy atom. The number of nitrogens with zero attached hydrogens (tertiary/aromatic N) is 1. The van der Waals surface area contributed by atoms with Crippen molar-refractivity contribution in [2.24, 2.45) is 0 Å². The summed E-state index contributed by atoms with van der Waals surface area (Å²) in [5, 5.41) is 2.82. The highest BCUT2D eigenvalue weighted by Crippen LogP contribution is 2.24. The average molecular weight is 375 g/mol. The molecule has 0 aliphatic carbocycles. The summed E-state index contributed by atoms with van der Waals surface area (Å²) in [6, 6.07) is 12.5. The van der Waals surface area contributed by atoms with Crippen LogP contribution in [-0.2, 0) is 21.4 Å². The summed E-state index contributed by atoms with van der Waals surface area (Å²) in [5.74, 6) is -0.338. The van der Waals surface area contributed by atoms with Gasteiger partial charge in [-0.15, -0.1) is 0 Å². The smallest absolute Gasteiger partial charge is 0.243 e. The van der Waals surface area contributed by atoms with Crippen LogP contribution >= 0.6 is 0 Å². The van der Waals surface area contributed by atoms with Crippen molar-refractivity contribution in [3.05, 3.63) is 64.7 Å². The third-order valence-electron chi connectivity index (χ3n) is 4.14. The average Bonchev–Trinajstić information content (AvgIpc) is 2.51. The number of anilines is 1. The molecule has 5 nitrogen and oxygen atoms in total. The Bertz CT molecular complexity index is 870. The van der Waals surface area contributed by atoms with Crippen LogP contribution < -0.4 is 9.62 Å². The fourth-order valence-electron chi connectivity index (χ4n) is 2.93. The summed E-state index contributed by atoms with van der Waals surface area (Å²) >= 11 is 0. The van der Waals surface area contributed by atoms with Gasteiger partial charge in [-0.05, 0) is 56.5 Å². The molecule has 2 aromatic rings. The third kappa shape index (κ3) is 5.08. The highest BCUT2D eigenvalue weighted by atomic mass is 32.2. The van der Waals surface area contributed by atoms with E-state index in [9.17, 15) is 13.2 Å². The third-order valence-corrected chi connectivity index (χ3v) is 5.38. The van der Waals surface area contributed by atoms with Gasteiger partial charge in [-0.25, -0.2) is 8.42 Å². The molecule has 0 heterocycles. The first-order valence-corrected chi connectivity index (χ1v) is 10.3. The van der Waals surface area contributed by atoms with Gasteiger partial charge in [0.1, 0.15) is 6.04 Å². The fraction of sp³-hybridized carbons (Fsp3) is 0.350. The Hall–Kier alpha value is -2.34. The molecule has 1 amide bonds. The van der Waals surface area contributed by atoms with Crippen LogP contribution in [0, 0.1) is 20.8 Å². The number of aryl methyl sites for hydroxylation is 3. The lowest BCUT2D eigenvalue weighted by Crippen LogP contribution is -2.47. The van der Waals surface area contributed by atoms with E-state index >= 15 is 0 Å². The highest BCUT2D eigenvalue weighted by Gasteiger charge is 2.29. The highest BCUT2D eigenvalue weighted by molar-refractivity contribution is 7.92. The number of sulfonamides is 1. The lowest BCUT2D eigenvalue weighted by Gasteiger charge is -2.28. The predicted molar refractivity (Wildman–Crippen MR) is 106 cm³/mol. The minimum atomic E-state index is -3.61. The molecule has 0 saturated carbocycles. The van der Waals surface area contributed by atoms with E-state index in [2.05, 4.69) is 5.32 Å². The van der Waals surface area contributed by atoms with Gasteiger partial charge in [0.2, 0.25) is 15.9 Å². The molecule has 0 aromatic heterocycles. The Morgan fingerprint density at radius 3 is 2.04 bits per heavy atom. The number of nitrogens with one attached hydrogen (secondary N) is 1. The topological polar surface area (TPSA) is 66.5 Å². The largest absolute Gasteiger partial charge is 0.350 e. The predicted octanol–water partition coefficient (Wildman–Crippen LogP) is 3.08. The Labute approximate surface area is 156 Å². The van der Waals surface area contributed by atoms with Gasteiger partial charge in [0.25, 0.3) is 0 Å². The van der Waals surface area contributed by atoms with E-state index in [-0.39, 0.29) is 5.91 Å². The normalized spacial score (nSPS) is 12.5. The van der Waals surface area contributed by atoms with Crippen LogP contribution in [0.2, 0.25) is 0 Å². The first kappa shape index (κ1) is 20.0. The van der Waals surface area contributed by atoms with Gasteiger partial charge in [0.15, 0.2) is 0 Å². The van der Waals surface area contributed by atoms with E-state index in [0.717, 1.165) is 28.5 Å². The van der Waals surface area contributed by atoms with E-state index in [1.807, 2.05) is 51.1 Å². The van der Waals surface area contributed by atoms with Crippen molar-refractivity contribution in [2.75, 3.05) is 10.6 Å². The second-order valence-corrected chi connectivity index (χ2v) is 8.64. The van der Waals surface area contributed by atoms with Crippen molar-refractivity contribution in [1.29, 1.82) is 0 Å². The molecule has 0 unspecified atom stereocenters. The number of amides is 1. The summed E-state index contributed by atoms with van der Waals surface area (Å²) in [7, 11) is -3.61. The Morgan fingerprint density at radius 1 is 1.00 bits per heavy atom. The number of benzene rings is 2. The monoisotopic (exact) mass is 374 g/mol. The van der Waals surface area contributed by atoms with Gasteiger partial charge in [-0.1, -0.05) is 35.9 Å². The van der Waals surface area contributed by atoms with E-state index in [1.165, 1.54) is 4.31 Å².